The lowest BCUT2D eigenvalue weighted by molar-refractivity contribution is -0.141. The summed E-state index contributed by atoms with van der Waals surface area (Å²) in [7, 11) is 1.66. The maximum atomic E-state index is 13.8. The van der Waals surface area contributed by atoms with Gasteiger partial charge in [0, 0.05) is 18.8 Å². The van der Waals surface area contributed by atoms with Crippen LogP contribution in [0.3, 0.4) is 0 Å². The monoisotopic (exact) mass is 508 g/mol. The van der Waals surface area contributed by atoms with Crippen LogP contribution in [-0.2, 0) is 11.0 Å². The van der Waals surface area contributed by atoms with Crippen LogP contribution in [-0.4, -0.2) is 27.6 Å². The summed E-state index contributed by atoms with van der Waals surface area (Å²) in [4.78, 5) is 15.3. The highest BCUT2D eigenvalue weighted by molar-refractivity contribution is 6.42. The highest BCUT2D eigenvalue weighted by Crippen LogP contribution is 2.41. The van der Waals surface area contributed by atoms with E-state index in [1.54, 1.807) is 37.1 Å². The van der Waals surface area contributed by atoms with Gasteiger partial charge in [-0.3, -0.25) is 4.79 Å². The minimum atomic E-state index is -4.65. The Labute approximate surface area is 204 Å². The standard InChI is InChI=1S/C24H21Cl2F3N4O/c1-13-21(23(34)32(3)14(2)15-7-5-4-6-8-15)22(16-9-10-17(25)18(26)11-16)33-20(30-13)12-19(31-33)24(27,28)29/h4-12,14,22,30H,1-3H3/t14-,22?/m0/s1. The summed E-state index contributed by atoms with van der Waals surface area (Å²) < 4.78 is 41.6. The van der Waals surface area contributed by atoms with Crippen LogP contribution in [0.5, 0.6) is 0 Å². The molecule has 0 saturated heterocycles. The first-order valence-corrected chi connectivity index (χ1v) is 11.2. The van der Waals surface area contributed by atoms with Crippen molar-refractivity contribution in [3.05, 3.63) is 92.7 Å². The molecule has 10 heteroatoms. The van der Waals surface area contributed by atoms with Crippen molar-refractivity contribution in [2.45, 2.75) is 32.1 Å². The first kappa shape index (κ1) is 24.2. The zero-order valence-electron chi connectivity index (χ0n) is 18.5. The largest absolute Gasteiger partial charge is 0.435 e. The van der Waals surface area contributed by atoms with E-state index in [0.29, 0.717) is 16.3 Å². The zero-order chi connectivity index (χ0) is 24.8. The van der Waals surface area contributed by atoms with Gasteiger partial charge in [0.1, 0.15) is 11.9 Å². The van der Waals surface area contributed by atoms with Gasteiger partial charge in [-0.15, -0.1) is 0 Å². The van der Waals surface area contributed by atoms with Gasteiger partial charge in [-0.05, 0) is 37.1 Å². The number of hydrogen-bond acceptors (Lipinski definition) is 3. The predicted molar refractivity (Wildman–Crippen MR) is 126 cm³/mol. The van der Waals surface area contributed by atoms with Crippen molar-refractivity contribution in [2.24, 2.45) is 0 Å². The molecule has 1 aliphatic rings. The van der Waals surface area contributed by atoms with Gasteiger partial charge in [0.2, 0.25) is 0 Å². The SMILES string of the molecule is CC1=C(C(=O)N(C)[C@@H](C)c2ccccc2)C(c2ccc(Cl)c(Cl)c2)n2nc(C(F)(F)F)cc2N1. The number of carbonyl (C=O) groups excluding carboxylic acids is 1. The zero-order valence-corrected chi connectivity index (χ0v) is 20.0. The third-order valence-corrected chi connectivity index (χ3v) is 6.68. The quantitative estimate of drug-likeness (QED) is 0.425. The molecule has 0 spiro atoms. The smallest absolute Gasteiger partial charge is 0.344 e. The molecular weight excluding hydrogens is 488 g/mol. The number of nitrogens with zero attached hydrogens (tertiary/aromatic N) is 3. The number of hydrogen-bond donors (Lipinski definition) is 1. The molecule has 1 aliphatic heterocycles. The van der Waals surface area contributed by atoms with Crippen LogP contribution in [0.25, 0.3) is 0 Å². The van der Waals surface area contributed by atoms with Gasteiger partial charge in [-0.1, -0.05) is 59.6 Å². The van der Waals surface area contributed by atoms with E-state index in [9.17, 15) is 18.0 Å². The van der Waals surface area contributed by atoms with Crippen molar-refractivity contribution in [2.75, 3.05) is 12.4 Å². The van der Waals surface area contributed by atoms with Gasteiger partial charge < -0.3 is 10.2 Å². The molecule has 0 saturated carbocycles. The van der Waals surface area contributed by atoms with Crippen molar-refractivity contribution in [1.82, 2.24) is 14.7 Å². The second kappa shape index (κ2) is 9.00. The second-order valence-corrected chi connectivity index (χ2v) is 8.91. The number of rotatable bonds is 4. The van der Waals surface area contributed by atoms with Gasteiger partial charge >= 0.3 is 6.18 Å². The topological polar surface area (TPSA) is 50.2 Å². The number of benzene rings is 2. The summed E-state index contributed by atoms with van der Waals surface area (Å²) in [6, 6.07) is 13.9. The maximum absolute atomic E-state index is 13.8. The minimum Gasteiger partial charge on any atom is -0.344 e. The molecule has 34 heavy (non-hydrogen) atoms. The number of likely N-dealkylation sites (N-methyl/N-ethyl adjacent to an activating group) is 1. The van der Waals surface area contributed by atoms with Gasteiger partial charge in [0.25, 0.3) is 5.91 Å². The number of allylic oxidation sites excluding steroid dienone is 1. The molecule has 2 aromatic carbocycles. The third-order valence-electron chi connectivity index (χ3n) is 5.94. The third kappa shape index (κ3) is 4.40. The fourth-order valence-electron chi connectivity index (χ4n) is 4.00. The Balaban J connectivity index is 1.83. The van der Waals surface area contributed by atoms with E-state index in [2.05, 4.69) is 10.4 Å². The van der Waals surface area contributed by atoms with E-state index in [1.807, 2.05) is 37.3 Å². The molecule has 2 atom stereocenters. The average Bonchev–Trinajstić information content (AvgIpc) is 3.23. The average molecular weight is 509 g/mol. The predicted octanol–water partition coefficient (Wildman–Crippen LogP) is 6.72. The molecule has 178 valence electrons. The molecule has 5 nitrogen and oxygen atoms in total. The van der Waals surface area contributed by atoms with Crippen LogP contribution in [0.15, 0.2) is 65.9 Å². The number of carbonyl (C=O) groups is 1. The molecule has 1 aromatic heterocycles. The molecule has 2 heterocycles. The van der Waals surface area contributed by atoms with Crippen LogP contribution >= 0.6 is 23.2 Å². The molecule has 4 rings (SSSR count). The lowest BCUT2D eigenvalue weighted by atomic mass is 9.93. The van der Waals surface area contributed by atoms with E-state index < -0.39 is 17.9 Å². The molecule has 0 bridgehead atoms. The lowest BCUT2D eigenvalue weighted by Gasteiger charge is -2.34. The number of nitrogens with one attached hydrogen (secondary N) is 1. The van der Waals surface area contributed by atoms with E-state index in [1.165, 1.54) is 4.68 Å². The molecule has 0 aliphatic carbocycles. The Morgan fingerprint density at radius 3 is 2.41 bits per heavy atom. The summed E-state index contributed by atoms with van der Waals surface area (Å²) in [5.41, 5.74) is 1.03. The fraction of sp³-hybridized carbons (Fsp3) is 0.250. The Kier molecular flexibility index (Phi) is 6.40. The minimum absolute atomic E-state index is 0.121. The normalized spacial score (nSPS) is 16.6. The van der Waals surface area contributed by atoms with Crippen molar-refractivity contribution in [3.63, 3.8) is 0 Å². The lowest BCUT2D eigenvalue weighted by Crippen LogP contribution is -2.37. The fourth-order valence-corrected chi connectivity index (χ4v) is 4.31. The van der Waals surface area contributed by atoms with Crippen LogP contribution in [0.1, 0.15) is 42.8 Å². The highest BCUT2D eigenvalue weighted by Gasteiger charge is 2.40. The van der Waals surface area contributed by atoms with Gasteiger partial charge in [0.05, 0.1) is 21.7 Å². The van der Waals surface area contributed by atoms with E-state index in [4.69, 9.17) is 23.2 Å². The molecule has 1 N–H and O–H groups in total. The van der Waals surface area contributed by atoms with Crippen LogP contribution < -0.4 is 5.32 Å². The van der Waals surface area contributed by atoms with Gasteiger partial charge in [-0.25, -0.2) is 4.68 Å². The van der Waals surface area contributed by atoms with Crippen LogP contribution in [0, 0.1) is 0 Å². The number of fused-ring (bicyclic) bond motifs is 1. The maximum Gasteiger partial charge on any atom is 0.435 e. The van der Waals surface area contributed by atoms with Crippen molar-refractivity contribution in [1.29, 1.82) is 0 Å². The Morgan fingerprint density at radius 1 is 1.12 bits per heavy atom. The second-order valence-electron chi connectivity index (χ2n) is 8.10. The Bertz CT molecular complexity index is 1270. The first-order chi connectivity index (χ1) is 16.0. The molecule has 1 amide bonds. The van der Waals surface area contributed by atoms with Crippen molar-refractivity contribution >= 4 is 34.9 Å². The van der Waals surface area contributed by atoms with Crippen LogP contribution in [0.2, 0.25) is 10.0 Å². The molecule has 3 aromatic rings. The van der Waals surface area contributed by atoms with E-state index in [-0.39, 0.29) is 28.4 Å². The van der Waals surface area contributed by atoms with Gasteiger partial charge in [0.15, 0.2) is 5.69 Å². The number of aromatic nitrogens is 2. The van der Waals surface area contributed by atoms with E-state index in [0.717, 1.165) is 11.6 Å². The Hall–Kier alpha value is -2.97. The van der Waals surface area contributed by atoms with Crippen LogP contribution in [0.4, 0.5) is 19.0 Å². The highest BCUT2D eigenvalue weighted by atomic mass is 35.5. The first-order valence-electron chi connectivity index (χ1n) is 10.4. The van der Waals surface area contributed by atoms with Crippen molar-refractivity contribution in [3.8, 4) is 0 Å². The molecular formula is C24H21Cl2F3N4O. The number of alkyl halides is 3. The van der Waals surface area contributed by atoms with Crippen molar-refractivity contribution < 1.29 is 18.0 Å². The number of anilines is 1. The molecule has 0 radical (unpaired) electrons. The van der Waals surface area contributed by atoms with Gasteiger partial charge in [-0.2, -0.15) is 18.3 Å². The number of halogens is 5. The summed E-state index contributed by atoms with van der Waals surface area (Å²) in [6.07, 6.45) is -4.65. The molecule has 1 unspecified atom stereocenters. The molecule has 0 fully saturated rings. The summed E-state index contributed by atoms with van der Waals surface area (Å²) in [6.45, 7) is 3.54. The summed E-state index contributed by atoms with van der Waals surface area (Å²) in [5, 5.41) is 7.24. The Morgan fingerprint density at radius 2 is 1.79 bits per heavy atom. The summed E-state index contributed by atoms with van der Waals surface area (Å²) in [5.74, 6) is -0.233. The van der Waals surface area contributed by atoms with E-state index >= 15 is 0 Å². The number of amides is 1. The summed E-state index contributed by atoms with van der Waals surface area (Å²) >= 11 is 12.3.